The minimum atomic E-state index is -0.237. The van der Waals surface area contributed by atoms with Gasteiger partial charge in [0.25, 0.3) is 0 Å². The second-order valence-corrected chi connectivity index (χ2v) is 6.28. The molecule has 0 saturated carbocycles. The minimum absolute atomic E-state index is 0.214. The largest absolute Gasteiger partial charge is 0.368 e. The molecule has 1 saturated heterocycles. The second-order valence-electron chi connectivity index (χ2n) is 6.28. The molecule has 2 atom stereocenters. The Balaban J connectivity index is 2.53. The van der Waals surface area contributed by atoms with Gasteiger partial charge in [0.15, 0.2) is 0 Å². The first-order valence-electron chi connectivity index (χ1n) is 7.92. The molecule has 0 spiro atoms. The Hall–Kier alpha value is -0.650. The van der Waals surface area contributed by atoms with Crippen LogP contribution in [-0.4, -0.2) is 67.1 Å². The van der Waals surface area contributed by atoms with Crippen molar-refractivity contribution < 1.29 is 4.79 Å². The van der Waals surface area contributed by atoms with E-state index in [1.54, 1.807) is 0 Å². The van der Waals surface area contributed by atoms with Gasteiger partial charge in [0.1, 0.15) is 0 Å². The lowest BCUT2D eigenvalue weighted by Gasteiger charge is -2.31. The first kappa shape index (κ1) is 17.4. The molecule has 118 valence electrons. The maximum atomic E-state index is 11.5. The lowest BCUT2D eigenvalue weighted by molar-refractivity contribution is -0.120. The smallest absolute Gasteiger partial charge is 0.234 e. The van der Waals surface area contributed by atoms with Crippen LogP contribution in [-0.2, 0) is 4.79 Å². The summed E-state index contributed by atoms with van der Waals surface area (Å²) >= 11 is 0. The van der Waals surface area contributed by atoms with E-state index >= 15 is 0 Å². The Morgan fingerprint density at radius 2 is 2.10 bits per heavy atom. The fraction of sp³-hybridized carbons (Fsp3) is 0.933. The molecular weight excluding hydrogens is 252 g/mol. The van der Waals surface area contributed by atoms with Crippen LogP contribution in [0.5, 0.6) is 0 Å². The molecule has 1 aliphatic heterocycles. The average molecular weight is 284 g/mol. The number of carbonyl (C=O) groups is 1. The van der Waals surface area contributed by atoms with Gasteiger partial charge in [-0.25, -0.2) is 0 Å². The number of hydrogen-bond acceptors (Lipinski definition) is 4. The van der Waals surface area contributed by atoms with Gasteiger partial charge < -0.3 is 16.0 Å². The van der Waals surface area contributed by atoms with Gasteiger partial charge in [0, 0.05) is 25.2 Å². The zero-order valence-corrected chi connectivity index (χ0v) is 13.6. The molecule has 5 heteroatoms. The quantitative estimate of drug-likeness (QED) is 0.720. The van der Waals surface area contributed by atoms with Crippen molar-refractivity contribution in [3.05, 3.63) is 0 Å². The van der Waals surface area contributed by atoms with Gasteiger partial charge in [0.05, 0.1) is 6.04 Å². The van der Waals surface area contributed by atoms with E-state index in [1.807, 2.05) is 13.8 Å². The van der Waals surface area contributed by atoms with Crippen molar-refractivity contribution in [1.82, 2.24) is 15.1 Å². The van der Waals surface area contributed by atoms with E-state index in [2.05, 4.69) is 29.1 Å². The predicted molar refractivity (Wildman–Crippen MR) is 83.6 cm³/mol. The maximum Gasteiger partial charge on any atom is 0.234 e. The Morgan fingerprint density at radius 3 is 2.65 bits per heavy atom. The van der Waals surface area contributed by atoms with Gasteiger partial charge in [0.2, 0.25) is 5.91 Å². The third kappa shape index (κ3) is 5.77. The summed E-state index contributed by atoms with van der Waals surface area (Å²) in [5, 5.41) is 3.26. The highest BCUT2D eigenvalue weighted by Crippen LogP contribution is 2.13. The molecule has 1 aliphatic rings. The van der Waals surface area contributed by atoms with E-state index in [0.29, 0.717) is 6.04 Å². The molecule has 0 aromatic heterocycles. The lowest BCUT2D eigenvalue weighted by Crippen LogP contribution is -2.48. The summed E-state index contributed by atoms with van der Waals surface area (Å²) < 4.78 is 0. The fourth-order valence-corrected chi connectivity index (χ4v) is 2.98. The van der Waals surface area contributed by atoms with Gasteiger partial charge in [-0.3, -0.25) is 9.69 Å². The molecular formula is C15H32N4O. The normalized spacial score (nSPS) is 23.8. The van der Waals surface area contributed by atoms with E-state index in [0.717, 1.165) is 39.0 Å². The second kappa shape index (κ2) is 8.60. The molecule has 1 fully saturated rings. The van der Waals surface area contributed by atoms with Crippen LogP contribution in [0.2, 0.25) is 0 Å². The van der Waals surface area contributed by atoms with Crippen molar-refractivity contribution in [3.63, 3.8) is 0 Å². The predicted octanol–water partition coefficient (Wildman–Crippen LogP) is 0.645. The van der Waals surface area contributed by atoms with Crippen LogP contribution in [0.1, 0.15) is 40.0 Å². The Morgan fingerprint density at radius 1 is 1.40 bits per heavy atom. The number of hydrogen-bond donors (Lipinski definition) is 2. The molecule has 3 N–H and O–H groups in total. The first-order valence-corrected chi connectivity index (χ1v) is 7.92. The molecule has 20 heavy (non-hydrogen) atoms. The van der Waals surface area contributed by atoms with Crippen LogP contribution in [0.3, 0.4) is 0 Å². The highest BCUT2D eigenvalue weighted by molar-refractivity contribution is 5.79. The van der Waals surface area contributed by atoms with E-state index in [1.165, 1.54) is 6.42 Å². The Labute approximate surface area is 123 Å². The number of likely N-dealkylation sites (N-methyl/N-ethyl adjacent to an activating group) is 1. The molecule has 0 bridgehead atoms. The summed E-state index contributed by atoms with van der Waals surface area (Å²) in [6, 6.07) is 0.660. The molecule has 5 nitrogen and oxygen atoms in total. The van der Waals surface area contributed by atoms with Crippen LogP contribution in [0.4, 0.5) is 0 Å². The SMILES string of the molecule is CCC1CN(C)CCCN1CCC(NC(C)C)C(N)=O. The number of rotatable bonds is 7. The maximum absolute atomic E-state index is 11.5. The molecule has 1 amide bonds. The van der Waals surface area contributed by atoms with E-state index in [4.69, 9.17) is 5.73 Å². The number of nitrogens with zero attached hydrogens (tertiary/aromatic N) is 2. The number of primary amides is 1. The van der Waals surface area contributed by atoms with Crippen LogP contribution < -0.4 is 11.1 Å². The van der Waals surface area contributed by atoms with Gasteiger partial charge in [-0.15, -0.1) is 0 Å². The molecule has 2 unspecified atom stereocenters. The third-order valence-electron chi connectivity index (χ3n) is 4.08. The molecule has 1 heterocycles. The third-order valence-corrected chi connectivity index (χ3v) is 4.08. The zero-order valence-electron chi connectivity index (χ0n) is 13.6. The van der Waals surface area contributed by atoms with Crippen molar-refractivity contribution in [2.24, 2.45) is 5.73 Å². The van der Waals surface area contributed by atoms with E-state index in [9.17, 15) is 4.79 Å². The molecule has 0 aromatic rings. The van der Waals surface area contributed by atoms with Crippen LogP contribution in [0.15, 0.2) is 0 Å². The summed E-state index contributed by atoms with van der Waals surface area (Å²) in [6.45, 7) is 10.7. The highest BCUT2D eigenvalue weighted by atomic mass is 16.1. The first-order chi connectivity index (χ1) is 9.43. The molecule has 1 rings (SSSR count). The van der Waals surface area contributed by atoms with Crippen LogP contribution >= 0.6 is 0 Å². The summed E-state index contributed by atoms with van der Waals surface area (Å²) in [7, 11) is 2.19. The summed E-state index contributed by atoms with van der Waals surface area (Å²) in [4.78, 5) is 16.4. The van der Waals surface area contributed by atoms with Gasteiger partial charge in [-0.2, -0.15) is 0 Å². The van der Waals surface area contributed by atoms with Crippen molar-refractivity contribution in [3.8, 4) is 0 Å². The minimum Gasteiger partial charge on any atom is -0.368 e. The molecule has 0 aliphatic carbocycles. The van der Waals surface area contributed by atoms with Crippen LogP contribution in [0.25, 0.3) is 0 Å². The van der Waals surface area contributed by atoms with Crippen molar-refractivity contribution in [1.29, 1.82) is 0 Å². The van der Waals surface area contributed by atoms with Gasteiger partial charge in [-0.05, 0) is 39.4 Å². The summed E-state index contributed by atoms with van der Waals surface area (Å²) in [5.74, 6) is -0.237. The molecule has 0 aromatic carbocycles. The fourth-order valence-electron chi connectivity index (χ4n) is 2.98. The highest BCUT2D eigenvalue weighted by Gasteiger charge is 2.24. The standard InChI is InChI=1S/C15H32N4O/c1-5-13-11-18(4)8-6-9-19(13)10-7-14(15(16)20)17-12(2)3/h12-14,17H,5-11H2,1-4H3,(H2,16,20). The Bertz CT molecular complexity index is 296. The number of nitrogens with two attached hydrogens (primary N) is 1. The topological polar surface area (TPSA) is 61.6 Å². The summed E-state index contributed by atoms with van der Waals surface area (Å²) in [5.41, 5.74) is 5.49. The number of carbonyl (C=O) groups excluding carboxylic acids is 1. The molecule has 0 radical (unpaired) electrons. The monoisotopic (exact) mass is 284 g/mol. The Kier molecular flexibility index (Phi) is 7.48. The average Bonchev–Trinajstić information content (AvgIpc) is 2.55. The van der Waals surface area contributed by atoms with E-state index in [-0.39, 0.29) is 18.0 Å². The number of amides is 1. The van der Waals surface area contributed by atoms with Crippen molar-refractivity contribution >= 4 is 5.91 Å². The van der Waals surface area contributed by atoms with Crippen LogP contribution in [0, 0.1) is 0 Å². The zero-order chi connectivity index (χ0) is 15.1. The van der Waals surface area contributed by atoms with Crippen molar-refractivity contribution in [2.75, 3.05) is 33.2 Å². The van der Waals surface area contributed by atoms with E-state index < -0.39 is 0 Å². The van der Waals surface area contributed by atoms with Gasteiger partial charge >= 0.3 is 0 Å². The lowest BCUT2D eigenvalue weighted by atomic mass is 10.1. The number of nitrogens with one attached hydrogen (secondary N) is 1. The van der Waals surface area contributed by atoms with Crippen molar-refractivity contribution in [2.45, 2.75) is 58.2 Å². The van der Waals surface area contributed by atoms with Gasteiger partial charge in [-0.1, -0.05) is 20.8 Å². The summed E-state index contributed by atoms with van der Waals surface area (Å²) in [6.07, 6.45) is 3.16.